The first kappa shape index (κ1) is 9.40. The van der Waals surface area contributed by atoms with Crippen LogP contribution >= 0.6 is 0 Å². The third kappa shape index (κ3) is 2.38. The molecule has 0 unspecified atom stereocenters. The van der Waals surface area contributed by atoms with Crippen LogP contribution in [0.4, 0.5) is 13.6 Å². The van der Waals surface area contributed by atoms with E-state index in [0.717, 1.165) is 12.1 Å². The van der Waals surface area contributed by atoms with Gasteiger partial charge in [0, 0.05) is 6.07 Å². The summed E-state index contributed by atoms with van der Waals surface area (Å²) < 4.78 is 29.4. The summed E-state index contributed by atoms with van der Waals surface area (Å²) in [4.78, 5) is 10.5. The lowest BCUT2D eigenvalue weighted by Gasteiger charge is -2.03. The van der Waals surface area contributed by atoms with Crippen LogP contribution in [0.5, 0.6) is 5.75 Å². The Morgan fingerprint density at radius 3 is 2.69 bits per heavy atom. The monoisotopic (exact) mass is 188 g/mol. The Hall–Kier alpha value is -1.69. The van der Waals surface area contributed by atoms with Crippen LogP contribution in [0.2, 0.25) is 0 Å². The van der Waals surface area contributed by atoms with Crippen LogP contribution in [0.15, 0.2) is 18.2 Å². The van der Waals surface area contributed by atoms with Gasteiger partial charge in [-0.25, -0.2) is 19.4 Å². The van der Waals surface area contributed by atoms with Crippen LogP contribution in [0.25, 0.3) is 0 Å². The maximum absolute atomic E-state index is 12.8. The molecule has 0 bridgehead atoms. The standard InChI is InChI=1S/C7H6F2N2O2/c8-4-1-2-6(5(9)3-4)13-7(12)11-10/h1-3H,10H2,(H,11,12). The average molecular weight is 188 g/mol. The van der Waals surface area contributed by atoms with E-state index in [-0.39, 0.29) is 5.75 Å². The molecule has 1 aromatic carbocycles. The van der Waals surface area contributed by atoms with E-state index in [1.807, 2.05) is 0 Å². The highest BCUT2D eigenvalue weighted by atomic mass is 19.1. The highest BCUT2D eigenvalue weighted by molar-refractivity contribution is 5.69. The van der Waals surface area contributed by atoms with Crippen molar-refractivity contribution in [1.82, 2.24) is 5.43 Å². The number of hydrogen-bond acceptors (Lipinski definition) is 3. The molecule has 1 aromatic rings. The zero-order valence-electron chi connectivity index (χ0n) is 6.38. The Balaban J connectivity index is 2.83. The fraction of sp³-hybridized carbons (Fsp3) is 0. The van der Waals surface area contributed by atoms with E-state index in [9.17, 15) is 13.6 Å². The van der Waals surface area contributed by atoms with Gasteiger partial charge in [0.15, 0.2) is 11.6 Å². The second-order valence-electron chi connectivity index (χ2n) is 2.11. The molecule has 0 aliphatic rings. The highest BCUT2D eigenvalue weighted by Crippen LogP contribution is 2.17. The molecule has 1 rings (SSSR count). The lowest BCUT2D eigenvalue weighted by atomic mass is 10.3. The summed E-state index contributed by atoms with van der Waals surface area (Å²) >= 11 is 0. The molecular weight excluding hydrogens is 182 g/mol. The lowest BCUT2D eigenvalue weighted by Crippen LogP contribution is -2.33. The van der Waals surface area contributed by atoms with E-state index in [4.69, 9.17) is 0 Å². The van der Waals surface area contributed by atoms with E-state index < -0.39 is 17.7 Å². The summed E-state index contributed by atoms with van der Waals surface area (Å²) in [5.74, 6) is 2.57. The van der Waals surface area contributed by atoms with Gasteiger partial charge in [-0.15, -0.1) is 0 Å². The van der Waals surface area contributed by atoms with Gasteiger partial charge in [0.05, 0.1) is 0 Å². The van der Waals surface area contributed by atoms with Gasteiger partial charge in [-0.2, -0.15) is 0 Å². The molecule has 13 heavy (non-hydrogen) atoms. The summed E-state index contributed by atoms with van der Waals surface area (Å²) in [5.41, 5.74) is 1.63. The number of rotatable bonds is 1. The van der Waals surface area contributed by atoms with Crippen molar-refractivity contribution in [3.8, 4) is 5.75 Å². The molecule has 0 saturated carbocycles. The number of hydrogen-bond donors (Lipinski definition) is 2. The quantitative estimate of drug-likeness (QED) is 0.391. The fourth-order valence-corrected chi connectivity index (χ4v) is 0.687. The second kappa shape index (κ2) is 3.81. The molecule has 6 heteroatoms. The number of carbonyl (C=O) groups is 1. The third-order valence-electron chi connectivity index (χ3n) is 1.21. The van der Waals surface area contributed by atoms with Gasteiger partial charge in [0.1, 0.15) is 5.82 Å². The van der Waals surface area contributed by atoms with E-state index in [1.165, 1.54) is 0 Å². The van der Waals surface area contributed by atoms with Crippen molar-refractivity contribution in [3.63, 3.8) is 0 Å². The topological polar surface area (TPSA) is 64.3 Å². The SMILES string of the molecule is NNC(=O)Oc1ccc(F)cc1F. The third-order valence-corrected chi connectivity index (χ3v) is 1.21. The van der Waals surface area contributed by atoms with Crippen molar-refractivity contribution in [2.45, 2.75) is 0 Å². The van der Waals surface area contributed by atoms with E-state index in [0.29, 0.717) is 6.07 Å². The fourth-order valence-electron chi connectivity index (χ4n) is 0.687. The molecule has 0 atom stereocenters. The summed E-state index contributed by atoms with van der Waals surface area (Å²) in [6.07, 6.45) is -1.02. The van der Waals surface area contributed by atoms with Crippen LogP contribution in [0, 0.1) is 11.6 Å². The minimum Gasteiger partial charge on any atom is -0.406 e. The molecule has 3 N–H and O–H groups in total. The van der Waals surface area contributed by atoms with Gasteiger partial charge in [-0.05, 0) is 12.1 Å². The molecule has 0 heterocycles. The van der Waals surface area contributed by atoms with Crippen molar-refractivity contribution < 1.29 is 18.3 Å². The van der Waals surface area contributed by atoms with Crippen molar-refractivity contribution in [2.24, 2.45) is 5.84 Å². The van der Waals surface area contributed by atoms with E-state index in [1.54, 1.807) is 5.43 Å². The van der Waals surface area contributed by atoms with Gasteiger partial charge in [-0.3, -0.25) is 5.43 Å². The molecule has 4 nitrogen and oxygen atoms in total. The number of amides is 1. The normalized spacial score (nSPS) is 9.46. The number of nitrogens with one attached hydrogen (secondary N) is 1. The van der Waals surface area contributed by atoms with Gasteiger partial charge in [0.25, 0.3) is 0 Å². The molecule has 0 saturated heterocycles. The zero-order chi connectivity index (χ0) is 9.84. The lowest BCUT2D eigenvalue weighted by molar-refractivity contribution is 0.198. The molecule has 0 fully saturated rings. The first-order chi connectivity index (χ1) is 6.13. The number of nitrogens with two attached hydrogens (primary N) is 1. The highest BCUT2D eigenvalue weighted by Gasteiger charge is 2.08. The average Bonchev–Trinajstić information content (AvgIpc) is 2.09. The minimum absolute atomic E-state index is 0.385. The summed E-state index contributed by atoms with van der Waals surface area (Å²) in [7, 11) is 0. The summed E-state index contributed by atoms with van der Waals surface area (Å²) in [6.45, 7) is 0. The Labute approximate surface area is 72.3 Å². The number of hydrazine groups is 1. The zero-order valence-corrected chi connectivity index (χ0v) is 6.38. The van der Waals surface area contributed by atoms with Crippen LogP contribution in [-0.2, 0) is 0 Å². The smallest absolute Gasteiger partial charge is 0.406 e. The summed E-state index contributed by atoms with van der Waals surface area (Å²) in [5, 5.41) is 0. The Bertz CT molecular complexity index is 330. The minimum atomic E-state index is -1.02. The molecule has 0 aliphatic carbocycles. The van der Waals surface area contributed by atoms with Crippen LogP contribution in [-0.4, -0.2) is 6.09 Å². The van der Waals surface area contributed by atoms with E-state index in [2.05, 4.69) is 10.6 Å². The van der Waals surface area contributed by atoms with Gasteiger partial charge >= 0.3 is 6.09 Å². The first-order valence-corrected chi connectivity index (χ1v) is 3.27. The number of ether oxygens (including phenoxy) is 1. The largest absolute Gasteiger partial charge is 0.426 e. The van der Waals surface area contributed by atoms with Crippen molar-refractivity contribution in [3.05, 3.63) is 29.8 Å². The molecule has 0 aromatic heterocycles. The van der Waals surface area contributed by atoms with Crippen LogP contribution < -0.4 is 16.0 Å². The number of carbonyl (C=O) groups excluding carboxylic acids is 1. The predicted octanol–water partition coefficient (Wildman–Crippen LogP) is 0.927. The van der Waals surface area contributed by atoms with Crippen molar-refractivity contribution >= 4 is 6.09 Å². The maximum Gasteiger partial charge on any atom is 0.426 e. The van der Waals surface area contributed by atoms with Gasteiger partial charge in [0.2, 0.25) is 0 Å². The molecule has 0 aliphatic heterocycles. The maximum atomic E-state index is 12.8. The Kier molecular flexibility index (Phi) is 2.76. The van der Waals surface area contributed by atoms with Crippen molar-refractivity contribution in [2.75, 3.05) is 0 Å². The number of halogens is 2. The Morgan fingerprint density at radius 1 is 1.46 bits per heavy atom. The molecular formula is C7H6F2N2O2. The second-order valence-corrected chi connectivity index (χ2v) is 2.11. The van der Waals surface area contributed by atoms with Gasteiger partial charge < -0.3 is 4.74 Å². The summed E-state index contributed by atoms with van der Waals surface area (Å²) in [6, 6.07) is 2.54. The van der Waals surface area contributed by atoms with Crippen LogP contribution in [0.3, 0.4) is 0 Å². The predicted molar refractivity (Wildman–Crippen MR) is 39.7 cm³/mol. The molecule has 0 spiro atoms. The van der Waals surface area contributed by atoms with Crippen LogP contribution in [0.1, 0.15) is 0 Å². The molecule has 1 amide bonds. The first-order valence-electron chi connectivity index (χ1n) is 3.27. The van der Waals surface area contributed by atoms with Gasteiger partial charge in [-0.1, -0.05) is 0 Å². The Morgan fingerprint density at radius 2 is 2.15 bits per heavy atom. The number of benzene rings is 1. The van der Waals surface area contributed by atoms with Crippen molar-refractivity contribution in [1.29, 1.82) is 0 Å². The van der Waals surface area contributed by atoms with E-state index >= 15 is 0 Å². The molecule has 0 radical (unpaired) electrons. The molecule has 70 valence electrons.